The first-order chi connectivity index (χ1) is 6.75. The highest BCUT2D eigenvalue weighted by molar-refractivity contribution is 5.29. The van der Waals surface area contributed by atoms with Gasteiger partial charge in [0.1, 0.15) is 0 Å². The molecule has 0 amide bonds. The number of hydrogen-bond donors (Lipinski definition) is 0. The minimum atomic E-state index is 0.615. The Balaban J connectivity index is 2.15. The van der Waals surface area contributed by atoms with Crippen LogP contribution in [0.2, 0.25) is 0 Å². The molecule has 0 aromatic rings. The molecule has 1 rings (SSSR count). The summed E-state index contributed by atoms with van der Waals surface area (Å²) in [4.78, 5) is 0. The smallest absolute Gasteiger partial charge is 0.00532 e. The lowest BCUT2D eigenvalue weighted by Crippen LogP contribution is -2.00. The largest absolute Gasteiger partial charge is 0.0993 e. The lowest BCUT2D eigenvalue weighted by atomic mass is 9.91. The summed E-state index contributed by atoms with van der Waals surface area (Å²) in [5, 5.41) is 0. The van der Waals surface area contributed by atoms with Gasteiger partial charge in [-0.1, -0.05) is 64.5 Å². The van der Waals surface area contributed by atoms with Crippen molar-refractivity contribution in [1.29, 1.82) is 0 Å². The monoisotopic (exact) mass is 194 g/mol. The zero-order valence-electron chi connectivity index (χ0n) is 10.1. The lowest BCUT2D eigenvalue weighted by Gasteiger charge is -2.13. The van der Waals surface area contributed by atoms with E-state index in [0.717, 1.165) is 0 Å². The normalized spacial score (nSPS) is 25.4. The Morgan fingerprint density at radius 3 is 2.07 bits per heavy atom. The van der Waals surface area contributed by atoms with Crippen molar-refractivity contribution in [3.8, 4) is 0 Å². The average molecular weight is 194 g/mol. The molecule has 0 aliphatic heterocycles. The quantitative estimate of drug-likeness (QED) is 0.373. The van der Waals surface area contributed by atoms with Gasteiger partial charge in [-0.25, -0.2) is 0 Å². The van der Waals surface area contributed by atoms with Crippen molar-refractivity contribution < 1.29 is 0 Å². The highest BCUT2D eigenvalue weighted by atomic mass is 14.5. The fourth-order valence-electron chi connectivity index (χ4n) is 2.42. The van der Waals surface area contributed by atoms with Gasteiger partial charge in [0, 0.05) is 0 Å². The van der Waals surface area contributed by atoms with Crippen LogP contribution in [0.1, 0.15) is 71.6 Å². The molecule has 0 aromatic heterocycles. The van der Waals surface area contributed by atoms with Gasteiger partial charge in [-0.2, -0.15) is 0 Å². The third-order valence-electron chi connectivity index (χ3n) is 3.69. The molecule has 0 bridgehead atoms. The van der Waals surface area contributed by atoms with Crippen LogP contribution in [0, 0.1) is 5.41 Å². The first kappa shape index (κ1) is 11.8. The van der Waals surface area contributed by atoms with Crippen LogP contribution in [-0.2, 0) is 0 Å². The first-order valence-corrected chi connectivity index (χ1v) is 6.43. The summed E-state index contributed by atoms with van der Waals surface area (Å²) in [6.07, 6.45) is 12.5. The molecule has 1 atom stereocenters. The predicted molar refractivity (Wildman–Crippen MR) is 64.5 cm³/mol. The lowest BCUT2D eigenvalue weighted by molar-refractivity contribution is 0.411. The molecular weight excluding hydrogens is 168 g/mol. The minimum Gasteiger partial charge on any atom is -0.0993 e. The molecule has 0 heterocycles. The molecule has 0 spiro atoms. The van der Waals surface area contributed by atoms with Gasteiger partial charge in [0.2, 0.25) is 0 Å². The van der Waals surface area contributed by atoms with Crippen LogP contribution >= 0.6 is 0 Å². The first-order valence-electron chi connectivity index (χ1n) is 6.43. The summed E-state index contributed by atoms with van der Waals surface area (Å²) in [6, 6.07) is 0. The van der Waals surface area contributed by atoms with E-state index >= 15 is 0 Å². The summed E-state index contributed by atoms with van der Waals surface area (Å²) < 4.78 is 0. The van der Waals surface area contributed by atoms with Crippen molar-refractivity contribution >= 4 is 0 Å². The number of hydrogen-bond acceptors (Lipinski definition) is 0. The van der Waals surface area contributed by atoms with Crippen LogP contribution in [0.4, 0.5) is 0 Å². The van der Waals surface area contributed by atoms with Crippen LogP contribution in [0.25, 0.3) is 0 Å². The van der Waals surface area contributed by atoms with E-state index in [2.05, 4.69) is 20.4 Å². The molecule has 0 aromatic carbocycles. The van der Waals surface area contributed by atoms with Gasteiger partial charge in [0.05, 0.1) is 0 Å². The second-order valence-corrected chi connectivity index (χ2v) is 4.97. The van der Waals surface area contributed by atoms with Gasteiger partial charge < -0.3 is 0 Å². The van der Waals surface area contributed by atoms with Gasteiger partial charge in [0.25, 0.3) is 0 Å². The van der Waals surface area contributed by atoms with Crippen molar-refractivity contribution in [1.82, 2.24) is 0 Å². The molecule has 82 valence electrons. The maximum atomic E-state index is 4.17. The SMILES string of the molecule is C=C1CC1(CCCC)CCCCCC. The molecule has 1 saturated carbocycles. The molecule has 1 fully saturated rings. The van der Waals surface area contributed by atoms with Gasteiger partial charge >= 0.3 is 0 Å². The van der Waals surface area contributed by atoms with Gasteiger partial charge in [-0.05, 0) is 24.7 Å². The molecule has 0 nitrogen and oxygen atoms in total. The van der Waals surface area contributed by atoms with Gasteiger partial charge in [-0.15, -0.1) is 0 Å². The van der Waals surface area contributed by atoms with E-state index in [4.69, 9.17) is 0 Å². The third-order valence-corrected chi connectivity index (χ3v) is 3.69. The van der Waals surface area contributed by atoms with Crippen molar-refractivity contribution in [2.45, 2.75) is 71.6 Å². The molecule has 0 N–H and O–H groups in total. The molecule has 14 heavy (non-hydrogen) atoms. The Hall–Kier alpha value is -0.260. The van der Waals surface area contributed by atoms with Gasteiger partial charge in [-0.3, -0.25) is 0 Å². The number of unbranched alkanes of at least 4 members (excludes halogenated alkanes) is 4. The molecule has 1 aliphatic carbocycles. The van der Waals surface area contributed by atoms with E-state index in [1.807, 2.05) is 0 Å². The maximum Gasteiger partial charge on any atom is -0.00532 e. The van der Waals surface area contributed by atoms with Crippen LogP contribution in [-0.4, -0.2) is 0 Å². The second kappa shape index (κ2) is 5.58. The Bertz CT molecular complexity index is 180. The van der Waals surface area contributed by atoms with E-state index in [9.17, 15) is 0 Å². The van der Waals surface area contributed by atoms with E-state index in [1.165, 1.54) is 57.8 Å². The van der Waals surface area contributed by atoms with Crippen LogP contribution in [0.5, 0.6) is 0 Å². The Kier molecular flexibility index (Phi) is 4.71. The standard InChI is InChI=1S/C14H26/c1-4-6-8-9-11-14(10-7-5-2)12-13(14)3/h3-12H2,1-2H3. The van der Waals surface area contributed by atoms with Gasteiger partial charge in [0.15, 0.2) is 0 Å². The fourth-order valence-corrected chi connectivity index (χ4v) is 2.42. The zero-order chi connectivity index (χ0) is 10.4. The van der Waals surface area contributed by atoms with Crippen LogP contribution in [0.3, 0.4) is 0 Å². The maximum absolute atomic E-state index is 4.17. The molecule has 0 saturated heterocycles. The van der Waals surface area contributed by atoms with Crippen molar-refractivity contribution in [3.05, 3.63) is 12.2 Å². The Morgan fingerprint density at radius 1 is 1.00 bits per heavy atom. The fraction of sp³-hybridized carbons (Fsp3) is 0.857. The summed E-state index contributed by atoms with van der Waals surface area (Å²) in [7, 11) is 0. The highest BCUT2D eigenvalue weighted by Gasteiger charge is 2.45. The summed E-state index contributed by atoms with van der Waals surface area (Å²) in [5.41, 5.74) is 2.16. The van der Waals surface area contributed by atoms with Crippen LogP contribution < -0.4 is 0 Å². The second-order valence-electron chi connectivity index (χ2n) is 4.97. The van der Waals surface area contributed by atoms with E-state index in [-0.39, 0.29) is 0 Å². The van der Waals surface area contributed by atoms with E-state index in [1.54, 1.807) is 5.57 Å². The Labute approximate surface area is 89.8 Å². The number of allylic oxidation sites excluding steroid dienone is 1. The average Bonchev–Trinajstić information content (AvgIpc) is 2.82. The summed E-state index contributed by atoms with van der Waals surface area (Å²) in [6.45, 7) is 8.74. The highest BCUT2D eigenvalue weighted by Crippen LogP contribution is 2.58. The predicted octanol–water partition coefficient (Wildman–Crippen LogP) is 5.09. The van der Waals surface area contributed by atoms with E-state index < -0.39 is 0 Å². The van der Waals surface area contributed by atoms with Crippen molar-refractivity contribution in [2.75, 3.05) is 0 Å². The number of rotatable bonds is 8. The minimum absolute atomic E-state index is 0.615. The van der Waals surface area contributed by atoms with Crippen molar-refractivity contribution in [3.63, 3.8) is 0 Å². The molecule has 1 unspecified atom stereocenters. The molecule has 0 radical (unpaired) electrons. The summed E-state index contributed by atoms with van der Waals surface area (Å²) in [5.74, 6) is 0. The summed E-state index contributed by atoms with van der Waals surface area (Å²) >= 11 is 0. The molecular formula is C14H26. The van der Waals surface area contributed by atoms with Crippen molar-refractivity contribution in [2.24, 2.45) is 5.41 Å². The topological polar surface area (TPSA) is 0 Å². The van der Waals surface area contributed by atoms with E-state index in [0.29, 0.717) is 5.41 Å². The zero-order valence-corrected chi connectivity index (χ0v) is 10.1. The van der Waals surface area contributed by atoms with Crippen LogP contribution in [0.15, 0.2) is 12.2 Å². The molecule has 0 heteroatoms. The molecule has 1 aliphatic rings. The Morgan fingerprint density at radius 2 is 1.57 bits per heavy atom. The third kappa shape index (κ3) is 3.15.